The standard InChI is InChI=1S/C41H21N9/c1-23-15-24(2)48-41(47-23)33-20-39(50-37-18-27(44-4)9-13-31(37)32-14-10-28(45-5)19-38(32)50)40(21-34(33)46-6)49-35-16-25(22-42)7-11-29(35)30-12-8-26(43-3)17-36(30)49/h7-21H,1-2H3. The molecule has 0 atom stereocenters. The lowest BCUT2D eigenvalue weighted by atomic mass is 10.1. The average molecular weight is 640 g/mol. The van der Waals surface area contributed by atoms with E-state index in [-0.39, 0.29) is 0 Å². The summed E-state index contributed by atoms with van der Waals surface area (Å²) in [6, 6.07) is 29.9. The molecule has 230 valence electrons. The van der Waals surface area contributed by atoms with Crippen molar-refractivity contribution >= 4 is 66.4 Å². The molecular formula is C41H21N9. The average Bonchev–Trinajstić information content (AvgIpc) is 3.64. The third-order valence-electron chi connectivity index (χ3n) is 8.92. The van der Waals surface area contributed by atoms with Crippen LogP contribution < -0.4 is 0 Å². The first-order valence-corrected chi connectivity index (χ1v) is 15.4. The minimum absolute atomic E-state index is 0.311. The lowest BCUT2D eigenvalue weighted by molar-refractivity contribution is 1.06. The quantitative estimate of drug-likeness (QED) is 0.181. The zero-order chi connectivity index (χ0) is 34.7. The van der Waals surface area contributed by atoms with Gasteiger partial charge in [0.05, 0.1) is 54.8 Å². The van der Waals surface area contributed by atoms with Crippen LogP contribution in [-0.2, 0) is 0 Å². The van der Waals surface area contributed by atoms with Gasteiger partial charge in [0, 0.05) is 55.0 Å². The number of aryl methyl sites for hydroxylation is 2. The first-order valence-electron chi connectivity index (χ1n) is 15.4. The molecule has 0 unspecified atom stereocenters. The van der Waals surface area contributed by atoms with E-state index in [1.807, 2.05) is 83.6 Å². The van der Waals surface area contributed by atoms with E-state index in [4.69, 9.17) is 36.3 Å². The summed E-state index contributed by atoms with van der Waals surface area (Å²) in [5.41, 5.74) is 8.28. The van der Waals surface area contributed by atoms with E-state index in [1.165, 1.54) is 0 Å². The van der Waals surface area contributed by atoms with Crippen molar-refractivity contribution < 1.29 is 0 Å². The molecule has 9 nitrogen and oxygen atoms in total. The molecule has 0 bridgehead atoms. The van der Waals surface area contributed by atoms with Crippen LogP contribution in [0, 0.1) is 51.5 Å². The summed E-state index contributed by atoms with van der Waals surface area (Å²) >= 11 is 0. The molecule has 8 rings (SSSR count). The predicted molar refractivity (Wildman–Crippen MR) is 195 cm³/mol. The topological polar surface area (TPSA) is 76.9 Å². The number of fused-ring (bicyclic) bond motifs is 6. The Hall–Kier alpha value is -7.77. The molecule has 0 N–H and O–H groups in total. The fraction of sp³-hybridized carbons (Fsp3) is 0.0488. The Morgan fingerprint density at radius 3 is 1.42 bits per heavy atom. The summed E-state index contributed by atoms with van der Waals surface area (Å²) in [5.74, 6) is 0.398. The van der Waals surface area contributed by atoms with Crippen LogP contribution >= 0.6 is 0 Å². The van der Waals surface area contributed by atoms with Crippen molar-refractivity contribution in [3.8, 4) is 28.8 Å². The molecule has 0 aliphatic heterocycles. The Morgan fingerprint density at radius 2 is 0.980 bits per heavy atom. The van der Waals surface area contributed by atoms with Gasteiger partial charge in [-0.1, -0.05) is 42.5 Å². The summed E-state index contributed by atoms with van der Waals surface area (Å²) in [6.07, 6.45) is 0. The molecule has 0 radical (unpaired) electrons. The Labute approximate surface area is 286 Å². The maximum absolute atomic E-state index is 9.94. The summed E-state index contributed by atoms with van der Waals surface area (Å²) in [6.45, 7) is 35.5. The maximum atomic E-state index is 9.94. The lowest BCUT2D eigenvalue weighted by Crippen LogP contribution is -2.05. The largest absolute Gasteiger partial charge is 0.310 e. The van der Waals surface area contributed by atoms with E-state index in [2.05, 4.69) is 25.4 Å². The minimum atomic E-state index is 0.311. The number of rotatable bonds is 3. The molecule has 5 aromatic carbocycles. The SMILES string of the molecule is [C-]#[N+]c1ccc2c3ccc(C#N)cc3n(-c3cc([N+]#[C-])c(-c4nc(C)cc(C)n4)cc3-n3c4cc([N+]#[C-])ccc4c4ccc([N+]#[C-])cc43)c2c1. The zero-order valence-corrected chi connectivity index (χ0v) is 26.7. The van der Waals surface area contributed by atoms with E-state index in [0.717, 1.165) is 55.0 Å². The first kappa shape index (κ1) is 29.6. The van der Waals surface area contributed by atoms with Crippen LogP contribution in [0.1, 0.15) is 17.0 Å². The number of benzene rings is 5. The van der Waals surface area contributed by atoms with Gasteiger partial charge in [0.1, 0.15) is 5.82 Å². The molecule has 3 aromatic heterocycles. The highest BCUT2D eigenvalue weighted by atomic mass is 15.1. The first-order chi connectivity index (χ1) is 24.3. The predicted octanol–water partition coefficient (Wildman–Crippen LogP) is 11.0. The number of hydrogen-bond donors (Lipinski definition) is 0. The van der Waals surface area contributed by atoms with Crippen LogP contribution in [0.3, 0.4) is 0 Å². The molecule has 0 fully saturated rings. The highest BCUT2D eigenvalue weighted by Gasteiger charge is 2.24. The molecule has 8 aromatic rings. The van der Waals surface area contributed by atoms with E-state index in [9.17, 15) is 5.26 Å². The van der Waals surface area contributed by atoms with Gasteiger partial charge in [0.25, 0.3) is 0 Å². The molecule has 0 amide bonds. The highest BCUT2D eigenvalue weighted by Crippen LogP contribution is 2.44. The molecule has 9 heteroatoms. The van der Waals surface area contributed by atoms with Crippen LogP contribution in [0.15, 0.2) is 91.0 Å². The number of nitrogens with zero attached hydrogens (tertiary/aromatic N) is 9. The van der Waals surface area contributed by atoms with Crippen LogP contribution in [0.2, 0.25) is 0 Å². The highest BCUT2D eigenvalue weighted by molar-refractivity contribution is 6.13. The summed E-state index contributed by atoms with van der Waals surface area (Å²) in [4.78, 5) is 24.6. The van der Waals surface area contributed by atoms with Gasteiger partial charge in [0.15, 0.2) is 22.7 Å². The Bertz CT molecular complexity index is 2850. The Balaban J connectivity index is 1.63. The Kier molecular flexibility index (Phi) is 6.63. The second kappa shape index (κ2) is 11.2. The third-order valence-corrected chi connectivity index (χ3v) is 8.92. The van der Waals surface area contributed by atoms with E-state index < -0.39 is 0 Å². The van der Waals surface area contributed by atoms with Crippen LogP contribution in [-0.4, -0.2) is 19.1 Å². The van der Waals surface area contributed by atoms with Crippen molar-refractivity contribution in [2.75, 3.05) is 0 Å². The van der Waals surface area contributed by atoms with Gasteiger partial charge >= 0.3 is 0 Å². The monoisotopic (exact) mass is 639 g/mol. The Morgan fingerprint density at radius 1 is 0.540 bits per heavy atom. The lowest BCUT2D eigenvalue weighted by Gasteiger charge is -2.20. The molecule has 0 aliphatic carbocycles. The second-order valence-electron chi connectivity index (χ2n) is 11.9. The van der Waals surface area contributed by atoms with Gasteiger partial charge in [-0.25, -0.2) is 29.3 Å². The summed E-state index contributed by atoms with van der Waals surface area (Å²) < 4.78 is 4.01. The van der Waals surface area contributed by atoms with E-state index >= 15 is 0 Å². The molecule has 0 spiro atoms. The van der Waals surface area contributed by atoms with Crippen molar-refractivity contribution in [3.63, 3.8) is 0 Å². The fourth-order valence-corrected chi connectivity index (χ4v) is 6.84. The second-order valence-corrected chi connectivity index (χ2v) is 11.9. The van der Waals surface area contributed by atoms with Crippen molar-refractivity contribution in [3.05, 3.63) is 154 Å². The van der Waals surface area contributed by atoms with Gasteiger partial charge in [-0.3, -0.25) is 0 Å². The van der Waals surface area contributed by atoms with E-state index in [0.29, 0.717) is 51.1 Å². The number of aromatic nitrogens is 4. The van der Waals surface area contributed by atoms with Gasteiger partial charge in [-0.05, 0) is 62.4 Å². The van der Waals surface area contributed by atoms with Crippen LogP contribution in [0.4, 0.5) is 22.7 Å². The smallest absolute Gasteiger partial charge is 0.200 e. The van der Waals surface area contributed by atoms with Crippen molar-refractivity contribution in [1.29, 1.82) is 5.26 Å². The van der Waals surface area contributed by atoms with Crippen molar-refractivity contribution in [1.82, 2.24) is 19.1 Å². The number of hydrogen-bond acceptors (Lipinski definition) is 3. The third kappa shape index (κ3) is 4.43. The van der Waals surface area contributed by atoms with Crippen LogP contribution in [0.25, 0.3) is 85.8 Å². The fourth-order valence-electron chi connectivity index (χ4n) is 6.84. The van der Waals surface area contributed by atoms with Crippen molar-refractivity contribution in [2.24, 2.45) is 0 Å². The molecule has 50 heavy (non-hydrogen) atoms. The molecule has 3 heterocycles. The van der Waals surface area contributed by atoms with Gasteiger partial charge in [-0.2, -0.15) is 5.26 Å². The van der Waals surface area contributed by atoms with Crippen molar-refractivity contribution in [2.45, 2.75) is 13.8 Å². The summed E-state index contributed by atoms with van der Waals surface area (Å²) in [5, 5.41) is 13.5. The normalized spacial score (nSPS) is 10.9. The van der Waals surface area contributed by atoms with Gasteiger partial charge < -0.3 is 9.13 Å². The molecule has 0 aliphatic rings. The van der Waals surface area contributed by atoms with Gasteiger partial charge in [-0.15, -0.1) is 0 Å². The maximum Gasteiger partial charge on any atom is 0.200 e. The zero-order valence-electron chi connectivity index (χ0n) is 26.7. The molecular weight excluding hydrogens is 619 g/mol. The molecule has 0 saturated heterocycles. The van der Waals surface area contributed by atoms with E-state index in [1.54, 1.807) is 30.3 Å². The summed E-state index contributed by atoms with van der Waals surface area (Å²) in [7, 11) is 0. The van der Waals surface area contributed by atoms with Crippen LogP contribution in [0.5, 0.6) is 0 Å². The number of nitriles is 1. The minimum Gasteiger partial charge on any atom is -0.310 e. The van der Waals surface area contributed by atoms with Gasteiger partial charge in [0.2, 0.25) is 0 Å². The molecule has 0 saturated carbocycles.